The molecule has 0 bridgehead atoms. The van der Waals surface area contributed by atoms with Crippen molar-refractivity contribution in [2.45, 2.75) is 39.2 Å². The van der Waals surface area contributed by atoms with E-state index in [1.165, 1.54) is 0 Å². The summed E-state index contributed by atoms with van der Waals surface area (Å²) in [7, 11) is 0. The lowest BCUT2D eigenvalue weighted by Gasteiger charge is -2.13. The number of rotatable bonds is 6. The molecule has 1 atom stereocenters. The van der Waals surface area contributed by atoms with Crippen molar-refractivity contribution in [2.75, 3.05) is 0 Å². The van der Waals surface area contributed by atoms with Crippen LogP contribution in [0.3, 0.4) is 0 Å². The maximum absolute atomic E-state index is 12.4. The predicted octanol–water partition coefficient (Wildman–Crippen LogP) is 3.14. The molecule has 3 rings (SSSR count). The highest BCUT2D eigenvalue weighted by Gasteiger charge is 2.21. The first kappa shape index (κ1) is 18.6. The molecule has 3 aromatic rings. The molecule has 0 aliphatic rings. The number of carbonyl (C=O) groups is 1. The quantitative estimate of drug-likeness (QED) is 0.625. The molecule has 0 fully saturated rings. The molecule has 0 saturated carbocycles. The number of aromatic amines is 1. The van der Waals surface area contributed by atoms with E-state index in [4.69, 9.17) is 0 Å². The van der Waals surface area contributed by atoms with E-state index in [2.05, 4.69) is 15.3 Å². The van der Waals surface area contributed by atoms with E-state index in [9.17, 15) is 14.7 Å². The summed E-state index contributed by atoms with van der Waals surface area (Å²) in [6.07, 6.45) is 4.00. The zero-order valence-corrected chi connectivity index (χ0v) is 15.5. The second-order valence-corrected chi connectivity index (χ2v) is 6.74. The number of nitrogens with one attached hydrogen (secondary N) is 2. The predicted molar refractivity (Wildman–Crippen MR) is 105 cm³/mol. The molecule has 1 aromatic carbocycles. The van der Waals surface area contributed by atoms with Gasteiger partial charge >= 0.3 is 0 Å². The van der Waals surface area contributed by atoms with Gasteiger partial charge < -0.3 is 15.4 Å². The van der Waals surface area contributed by atoms with Crippen molar-refractivity contribution in [1.82, 2.24) is 15.3 Å². The molecule has 0 saturated heterocycles. The Labute approximate surface area is 157 Å². The third-order valence-corrected chi connectivity index (χ3v) is 4.46. The van der Waals surface area contributed by atoms with Gasteiger partial charge in [-0.05, 0) is 37.0 Å². The van der Waals surface area contributed by atoms with E-state index < -0.39 is 11.5 Å². The number of aromatic nitrogens is 2. The van der Waals surface area contributed by atoms with Crippen LogP contribution in [0.25, 0.3) is 11.0 Å². The first-order chi connectivity index (χ1) is 13.0. The Balaban J connectivity index is 1.94. The second-order valence-electron chi connectivity index (χ2n) is 6.74. The van der Waals surface area contributed by atoms with Crippen LogP contribution in [-0.4, -0.2) is 27.0 Å². The van der Waals surface area contributed by atoms with Crippen LogP contribution in [0.5, 0.6) is 5.75 Å². The Bertz CT molecular complexity index is 1010. The van der Waals surface area contributed by atoms with Crippen molar-refractivity contribution < 1.29 is 9.90 Å². The molecule has 3 N–H and O–H groups in total. The maximum Gasteiger partial charge on any atom is 0.265 e. The lowest BCUT2D eigenvalue weighted by Crippen LogP contribution is -2.36. The number of benzene rings is 1. The molecule has 6 heteroatoms. The van der Waals surface area contributed by atoms with E-state index in [0.29, 0.717) is 11.9 Å². The zero-order chi connectivity index (χ0) is 19.4. The molecule has 140 valence electrons. The normalized spacial score (nSPS) is 12.1. The Morgan fingerprint density at radius 2 is 2.00 bits per heavy atom. The number of amides is 1. The van der Waals surface area contributed by atoms with Gasteiger partial charge in [0.1, 0.15) is 11.1 Å². The number of carbonyl (C=O) groups excluding carboxylic acids is 1. The number of aromatic hydroxyl groups is 1. The molecule has 1 unspecified atom stereocenters. The van der Waals surface area contributed by atoms with Gasteiger partial charge in [0.25, 0.3) is 11.5 Å². The minimum absolute atomic E-state index is 0.0850. The van der Waals surface area contributed by atoms with Crippen molar-refractivity contribution >= 4 is 16.9 Å². The fraction of sp³-hybridized carbons (Fsp3) is 0.286. The van der Waals surface area contributed by atoms with Crippen LogP contribution in [0, 0.1) is 0 Å². The van der Waals surface area contributed by atoms with Crippen LogP contribution < -0.4 is 10.9 Å². The average molecular weight is 365 g/mol. The first-order valence-corrected chi connectivity index (χ1v) is 9.08. The SMILES string of the molecule is CCCC(C)NC(=O)c1c(O)c2ncc(Cc3ccccc3)cc2[nH]c1=O. The van der Waals surface area contributed by atoms with Gasteiger partial charge in [-0.15, -0.1) is 0 Å². The third-order valence-electron chi connectivity index (χ3n) is 4.46. The van der Waals surface area contributed by atoms with E-state index in [0.717, 1.165) is 24.0 Å². The van der Waals surface area contributed by atoms with Crippen LogP contribution >= 0.6 is 0 Å². The number of hydrogen-bond acceptors (Lipinski definition) is 4. The topological polar surface area (TPSA) is 95.1 Å². The largest absolute Gasteiger partial charge is 0.505 e. The van der Waals surface area contributed by atoms with Gasteiger partial charge in [-0.3, -0.25) is 14.6 Å². The lowest BCUT2D eigenvalue weighted by atomic mass is 10.1. The maximum atomic E-state index is 12.4. The summed E-state index contributed by atoms with van der Waals surface area (Å²) in [5, 5.41) is 13.2. The zero-order valence-electron chi connectivity index (χ0n) is 15.5. The molecule has 2 heterocycles. The smallest absolute Gasteiger partial charge is 0.265 e. The van der Waals surface area contributed by atoms with Crippen molar-refractivity contribution in [3.8, 4) is 5.75 Å². The highest BCUT2D eigenvalue weighted by atomic mass is 16.3. The van der Waals surface area contributed by atoms with Crippen LogP contribution in [0.4, 0.5) is 0 Å². The number of hydrogen-bond donors (Lipinski definition) is 3. The highest BCUT2D eigenvalue weighted by Crippen LogP contribution is 2.24. The van der Waals surface area contributed by atoms with Crippen molar-refractivity contribution in [1.29, 1.82) is 0 Å². The van der Waals surface area contributed by atoms with E-state index in [1.54, 1.807) is 12.3 Å². The third kappa shape index (κ3) is 4.16. The molecule has 0 aliphatic carbocycles. The van der Waals surface area contributed by atoms with Gasteiger partial charge in [0, 0.05) is 12.2 Å². The standard InChI is InChI=1S/C21H23N3O3/c1-3-7-13(2)23-20(26)17-19(25)18-16(24-21(17)27)11-15(12-22-18)10-14-8-5-4-6-9-14/h4-6,8-9,11-13H,3,7,10H2,1-2H3,(H,23,26)(H2,24,25,27). The van der Waals surface area contributed by atoms with E-state index in [1.807, 2.05) is 44.2 Å². The van der Waals surface area contributed by atoms with Gasteiger partial charge in [-0.1, -0.05) is 43.7 Å². The monoisotopic (exact) mass is 365 g/mol. The van der Waals surface area contributed by atoms with Crippen LogP contribution in [0.1, 0.15) is 48.2 Å². The van der Waals surface area contributed by atoms with Crippen LogP contribution in [0.2, 0.25) is 0 Å². The Morgan fingerprint density at radius 1 is 1.26 bits per heavy atom. The molecule has 0 spiro atoms. The minimum atomic E-state index is -0.625. The lowest BCUT2D eigenvalue weighted by molar-refractivity contribution is 0.0934. The van der Waals surface area contributed by atoms with Gasteiger partial charge in [0.05, 0.1) is 5.52 Å². The number of H-pyrrole nitrogens is 1. The number of nitrogens with zero attached hydrogens (tertiary/aromatic N) is 1. The summed E-state index contributed by atoms with van der Waals surface area (Å²) < 4.78 is 0. The molecular formula is C21H23N3O3. The van der Waals surface area contributed by atoms with Crippen molar-refractivity contribution in [3.63, 3.8) is 0 Å². The highest BCUT2D eigenvalue weighted by molar-refractivity contribution is 6.01. The van der Waals surface area contributed by atoms with Gasteiger partial charge in [-0.2, -0.15) is 0 Å². The van der Waals surface area contributed by atoms with Crippen molar-refractivity contribution in [2.24, 2.45) is 0 Å². The van der Waals surface area contributed by atoms with Gasteiger partial charge in [0.15, 0.2) is 5.75 Å². The van der Waals surface area contributed by atoms with E-state index in [-0.39, 0.29) is 22.9 Å². The van der Waals surface area contributed by atoms with Crippen LogP contribution in [-0.2, 0) is 6.42 Å². The summed E-state index contributed by atoms with van der Waals surface area (Å²) in [5.41, 5.74) is 1.71. The molecule has 6 nitrogen and oxygen atoms in total. The number of pyridine rings is 2. The number of fused-ring (bicyclic) bond motifs is 1. The second kappa shape index (κ2) is 8.03. The average Bonchev–Trinajstić information content (AvgIpc) is 2.62. The Hall–Kier alpha value is -3.15. The molecule has 27 heavy (non-hydrogen) atoms. The van der Waals surface area contributed by atoms with Crippen LogP contribution in [0.15, 0.2) is 47.4 Å². The summed E-state index contributed by atoms with van der Waals surface area (Å²) in [5.74, 6) is -0.979. The van der Waals surface area contributed by atoms with Gasteiger partial charge in [-0.25, -0.2) is 0 Å². The molecule has 1 amide bonds. The van der Waals surface area contributed by atoms with Gasteiger partial charge in [0.2, 0.25) is 0 Å². The Morgan fingerprint density at radius 3 is 2.70 bits per heavy atom. The summed E-state index contributed by atoms with van der Waals surface area (Å²) in [4.78, 5) is 31.8. The fourth-order valence-corrected chi connectivity index (χ4v) is 3.14. The minimum Gasteiger partial charge on any atom is -0.505 e. The molecular weight excluding hydrogens is 342 g/mol. The van der Waals surface area contributed by atoms with Crippen molar-refractivity contribution in [3.05, 3.63) is 69.6 Å². The molecule has 2 aromatic heterocycles. The summed E-state index contributed by atoms with van der Waals surface area (Å²) in [6.45, 7) is 3.88. The fourth-order valence-electron chi connectivity index (χ4n) is 3.14. The van der Waals surface area contributed by atoms with E-state index >= 15 is 0 Å². The molecule has 0 aliphatic heterocycles. The molecule has 0 radical (unpaired) electrons. The first-order valence-electron chi connectivity index (χ1n) is 9.08. The summed E-state index contributed by atoms with van der Waals surface area (Å²) >= 11 is 0. The summed E-state index contributed by atoms with van der Waals surface area (Å²) in [6, 6.07) is 11.6. The Kier molecular flexibility index (Phi) is 5.54.